The van der Waals surface area contributed by atoms with Crippen molar-refractivity contribution in [2.75, 3.05) is 13.7 Å². The van der Waals surface area contributed by atoms with Crippen molar-refractivity contribution in [2.45, 2.75) is 20.8 Å². The Hall–Kier alpha value is -1.97. The maximum absolute atomic E-state index is 5.55. The van der Waals surface area contributed by atoms with E-state index in [9.17, 15) is 0 Å². The first-order valence-corrected chi connectivity index (χ1v) is 5.90. The van der Waals surface area contributed by atoms with Crippen LogP contribution in [0.1, 0.15) is 18.1 Å². The molecule has 0 amide bonds. The minimum absolute atomic E-state index is 0.445. The monoisotopic (exact) mass is 247 g/mol. The molecule has 0 aliphatic rings. The van der Waals surface area contributed by atoms with Gasteiger partial charge in [0.15, 0.2) is 0 Å². The van der Waals surface area contributed by atoms with E-state index in [0.717, 1.165) is 22.4 Å². The van der Waals surface area contributed by atoms with E-state index in [4.69, 9.17) is 13.9 Å². The Morgan fingerprint density at radius 1 is 1.22 bits per heavy atom. The average molecular weight is 247 g/mol. The highest BCUT2D eigenvalue weighted by Crippen LogP contribution is 2.31. The van der Waals surface area contributed by atoms with Gasteiger partial charge in [-0.3, -0.25) is 0 Å². The Morgan fingerprint density at radius 2 is 2.00 bits per heavy atom. The number of aromatic nitrogens is 1. The first kappa shape index (κ1) is 12.5. The van der Waals surface area contributed by atoms with Crippen LogP contribution < -0.4 is 9.47 Å². The Bertz CT molecular complexity index is 546. The zero-order valence-corrected chi connectivity index (χ0v) is 11.1. The van der Waals surface area contributed by atoms with Gasteiger partial charge in [-0.1, -0.05) is 0 Å². The number of ether oxygens (including phenoxy) is 2. The predicted molar refractivity (Wildman–Crippen MR) is 69.1 cm³/mol. The molecule has 0 fully saturated rings. The second kappa shape index (κ2) is 5.12. The lowest BCUT2D eigenvalue weighted by Crippen LogP contribution is -1.91. The molecule has 0 N–H and O–H groups in total. The molecule has 18 heavy (non-hydrogen) atoms. The third-order valence-corrected chi connectivity index (χ3v) is 2.74. The molecule has 0 spiro atoms. The maximum Gasteiger partial charge on any atom is 0.305 e. The van der Waals surface area contributed by atoms with E-state index >= 15 is 0 Å². The summed E-state index contributed by atoms with van der Waals surface area (Å²) in [5.74, 6) is 1.88. The van der Waals surface area contributed by atoms with Crippen molar-refractivity contribution < 1.29 is 13.9 Å². The van der Waals surface area contributed by atoms with Gasteiger partial charge >= 0.3 is 5.95 Å². The average Bonchev–Trinajstić information content (AvgIpc) is 2.80. The maximum atomic E-state index is 5.55. The Morgan fingerprint density at radius 3 is 2.67 bits per heavy atom. The van der Waals surface area contributed by atoms with Crippen molar-refractivity contribution >= 4 is 0 Å². The molecule has 2 aromatic rings. The number of rotatable bonds is 4. The van der Waals surface area contributed by atoms with Crippen LogP contribution in [0.5, 0.6) is 11.7 Å². The van der Waals surface area contributed by atoms with Crippen molar-refractivity contribution in [1.29, 1.82) is 0 Å². The van der Waals surface area contributed by atoms with Crippen LogP contribution in [0.4, 0.5) is 0 Å². The van der Waals surface area contributed by atoms with Crippen LogP contribution in [0.3, 0.4) is 0 Å². The van der Waals surface area contributed by atoms with E-state index < -0.39 is 0 Å². The van der Waals surface area contributed by atoms with Gasteiger partial charge in [-0.15, -0.1) is 0 Å². The third-order valence-electron chi connectivity index (χ3n) is 2.74. The molecule has 1 aromatic carbocycles. The van der Waals surface area contributed by atoms with Crippen LogP contribution in [0.2, 0.25) is 0 Å². The zero-order valence-electron chi connectivity index (χ0n) is 11.1. The van der Waals surface area contributed by atoms with Gasteiger partial charge in [0.1, 0.15) is 11.9 Å². The van der Waals surface area contributed by atoms with Gasteiger partial charge in [0, 0.05) is 5.56 Å². The first-order valence-electron chi connectivity index (χ1n) is 5.90. The Labute approximate surface area is 107 Å². The topological polar surface area (TPSA) is 44.5 Å². The molecule has 0 unspecified atom stereocenters. The van der Waals surface area contributed by atoms with E-state index in [1.54, 1.807) is 13.3 Å². The van der Waals surface area contributed by atoms with Crippen LogP contribution in [0.25, 0.3) is 11.5 Å². The second-order valence-electron chi connectivity index (χ2n) is 4.05. The van der Waals surface area contributed by atoms with Gasteiger partial charge in [0.25, 0.3) is 0 Å². The van der Waals surface area contributed by atoms with Crippen molar-refractivity contribution in [3.05, 3.63) is 29.5 Å². The molecule has 4 nitrogen and oxygen atoms in total. The fourth-order valence-corrected chi connectivity index (χ4v) is 1.83. The van der Waals surface area contributed by atoms with Gasteiger partial charge in [0.2, 0.25) is 5.89 Å². The van der Waals surface area contributed by atoms with E-state index in [2.05, 4.69) is 4.98 Å². The second-order valence-corrected chi connectivity index (χ2v) is 4.05. The molecule has 2 rings (SSSR count). The fraction of sp³-hybridized carbons (Fsp3) is 0.357. The molecule has 4 heteroatoms. The molecule has 0 bridgehead atoms. The highest BCUT2D eigenvalue weighted by molar-refractivity contribution is 5.62. The molecule has 1 heterocycles. The summed E-state index contributed by atoms with van der Waals surface area (Å²) in [6.45, 7) is 6.47. The molecule has 0 saturated carbocycles. The molecule has 0 saturated heterocycles. The molecule has 0 aliphatic heterocycles. The molecule has 0 atom stereocenters. The van der Waals surface area contributed by atoms with Gasteiger partial charge < -0.3 is 13.9 Å². The van der Waals surface area contributed by atoms with E-state index in [-0.39, 0.29) is 0 Å². The Kier molecular flexibility index (Phi) is 3.55. The fourth-order valence-electron chi connectivity index (χ4n) is 1.83. The summed E-state index contributed by atoms with van der Waals surface area (Å²) in [5.41, 5.74) is 3.07. The molecule has 1 aromatic heterocycles. The van der Waals surface area contributed by atoms with Crippen LogP contribution in [-0.2, 0) is 0 Å². The molecule has 96 valence electrons. The van der Waals surface area contributed by atoms with Crippen LogP contribution in [0.15, 0.2) is 22.7 Å². The standard InChI is InChI=1S/C14H17NO3/c1-5-17-13-8-15-14(18-13)11-6-10(3)12(16-4)7-9(11)2/h6-8H,5H2,1-4H3. The van der Waals surface area contributed by atoms with Crippen molar-refractivity contribution in [2.24, 2.45) is 0 Å². The number of hydrogen-bond donors (Lipinski definition) is 0. The van der Waals surface area contributed by atoms with E-state index in [1.165, 1.54) is 0 Å². The third kappa shape index (κ3) is 2.32. The van der Waals surface area contributed by atoms with Crippen molar-refractivity contribution in [3.8, 4) is 23.1 Å². The lowest BCUT2D eigenvalue weighted by molar-refractivity contribution is 0.260. The first-order chi connectivity index (χ1) is 8.65. The number of oxazole rings is 1. The molecular weight excluding hydrogens is 230 g/mol. The SMILES string of the molecule is CCOc1cnc(-c2cc(C)c(OC)cc2C)o1. The summed E-state index contributed by atoms with van der Waals surface area (Å²) in [6.07, 6.45) is 1.60. The number of methoxy groups -OCH3 is 1. The summed E-state index contributed by atoms with van der Waals surface area (Å²) in [7, 11) is 1.67. The highest BCUT2D eigenvalue weighted by atomic mass is 16.6. The van der Waals surface area contributed by atoms with E-state index in [0.29, 0.717) is 18.4 Å². The lowest BCUT2D eigenvalue weighted by atomic mass is 10.0. The number of hydrogen-bond acceptors (Lipinski definition) is 4. The van der Waals surface area contributed by atoms with E-state index in [1.807, 2.05) is 32.9 Å². The smallest absolute Gasteiger partial charge is 0.305 e. The van der Waals surface area contributed by atoms with Crippen LogP contribution in [0, 0.1) is 13.8 Å². The van der Waals surface area contributed by atoms with Gasteiger partial charge in [-0.2, -0.15) is 0 Å². The summed E-state index contributed by atoms with van der Waals surface area (Å²) in [6, 6.07) is 3.99. The summed E-state index contributed by atoms with van der Waals surface area (Å²) in [5, 5.41) is 0. The summed E-state index contributed by atoms with van der Waals surface area (Å²) in [4.78, 5) is 4.23. The molecular formula is C14H17NO3. The summed E-state index contributed by atoms with van der Waals surface area (Å²) >= 11 is 0. The highest BCUT2D eigenvalue weighted by Gasteiger charge is 2.12. The predicted octanol–water partition coefficient (Wildman–Crippen LogP) is 3.37. The van der Waals surface area contributed by atoms with Gasteiger partial charge in [-0.05, 0) is 44.0 Å². The van der Waals surface area contributed by atoms with Crippen molar-refractivity contribution in [1.82, 2.24) is 4.98 Å². The molecule has 0 radical (unpaired) electrons. The lowest BCUT2D eigenvalue weighted by Gasteiger charge is -2.08. The van der Waals surface area contributed by atoms with Gasteiger partial charge in [0.05, 0.1) is 13.7 Å². The number of nitrogens with zero attached hydrogens (tertiary/aromatic N) is 1. The quantitative estimate of drug-likeness (QED) is 0.831. The number of benzene rings is 1. The Balaban J connectivity index is 2.40. The minimum atomic E-state index is 0.445. The minimum Gasteiger partial charge on any atom is -0.496 e. The normalized spacial score (nSPS) is 10.4. The van der Waals surface area contributed by atoms with Crippen LogP contribution >= 0.6 is 0 Å². The molecule has 0 aliphatic carbocycles. The zero-order chi connectivity index (χ0) is 13.1. The van der Waals surface area contributed by atoms with Gasteiger partial charge in [-0.25, -0.2) is 4.98 Å². The largest absolute Gasteiger partial charge is 0.496 e. The van der Waals surface area contributed by atoms with Crippen LogP contribution in [-0.4, -0.2) is 18.7 Å². The summed E-state index contributed by atoms with van der Waals surface area (Å²) < 4.78 is 16.1. The number of aryl methyl sites for hydroxylation is 2. The van der Waals surface area contributed by atoms with Crippen molar-refractivity contribution in [3.63, 3.8) is 0 Å².